The molecule has 0 bridgehead atoms. The number of ether oxygens (including phenoxy) is 1. The third kappa shape index (κ3) is 6.06. The second-order valence-corrected chi connectivity index (χ2v) is 8.98. The number of carbonyl (C=O) groups excluding carboxylic acids is 3. The van der Waals surface area contributed by atoms with E-state index < -0.39 is 17.8 Å². The molecule has 0 spiro atoms. The Morgan fingerprint density at radius 2 is 1.83 bits per heavy atom. The molecule has 0 radical (unpaired) electrons. The highest BCUT2D eigenvalue weighted by Gasteiger charge is 2.28. The lowest BCUT2D eigenvalue weighted by Gasteiger charge is -2.31. The van der Waals surface area contributed by atoms with Gasteiger partial charge < -0.3 is 15.0 Å². The Labute approximate surface area is 215 Å². The van der Waals surface area contributed by atoms with Gasteiger partial charge in [-0.3, -0.25) is 10.1 Å². The number of halogens is 2. The normalized spacial score (nSPS) is 13.8. The molecule has 1 fully saturated rings. The van der Waals surface area contributed by atoms with Crippen LogP contribution in [-0.2, 0) is 9.53 Å². The fourth-order valence-electron chi connectivity index (χ4n) is 3.77. The molecule has 3 heterocycles. The monoisotopic (exact) mass is 558 g/mol. The maximum absolute atomic E-state index is 13.4. The Kier molecular flexibility index (Phi) is 7.93. The summed E-state index contributed by atoms with van der Waals surface area (Å²) in [5.41, 5.74) is 0.465. The zero-order valence-electron chi connectivity index (χ0n) is 19.4. The second kappa shape index (κ2) is 11.3. The highest BCUT2D eigenvalue weighted by atomic mass is 79.9. The quantitative estimate of drug-likeness (QED) is 0.437. The summed E-state index contributed by atoms with van der Waals surface area (Å²) in [7, 11) is 0. The molecule has 0 atom stereocenters. The molecular weight excluding hydrogens is 535 g/mol. The molecule has 2 aromatic heterocycles. The first-order chi connectivity index (χ1) is 17.3. The van der Waals surface area contributed by atoms with E-state index in [0.29, 0.717) is 37.4 Å². The summed E-state index contributed by atoms with van der Waals surface area (Å²) < 4.78 is 20.6. The SMILES string of the molecule is CCOC(=O)c1cc(NC(=O)N2CCC(C(=O)Nc3ccc(Br)cn3)CC2)n(-c2ccc(F)cc2)n1. The van der Waals surface area contributed by atoms with Crippen LogP contribution in [0.3, 0.4) is 0 Å². The maximum atomic E-state index is 13.4. The number of anilines is 2. The number of carbonyl (C=O) groups is 3. The summed E-state index contributed by atoms with van der Waals surface area (Å²) in [5.74, 6) is -0.755. The number of piperidine rings is 1. The molecule has 12 heteroatoms. The molecule has 3 amide bonds. The predicted molar refractivity (Wildman–Crippen MR) is 133 cm³/mol. The first-order valence-electron chi connectivity index (χ1n) is 11.4. The van der Waals surface area contributed by atoms with Crippen molar-refractivity contribution >= 4 is 45.5 Å². The van der Waals surface area contributed by atoms with E-state index in [1.807, 2.05) is 0 Å². The zero-order chi connectivity index (χ0) is 25.7. The van der Waals surface area contributed by atoms with E-state index in [2.05, 4.69) is 36.6 Å². The van der Waals surface area contributed by atoms with E-state index in [9.17, 15) is 18.8 Å². The summed E-state index contributed by atoms with van der Waals surface area (Å²) in [6.45, 7) is 2.58. The fourth-order valence-corrected chi connectivity index (χ4v) is 4.00. The Morgan fingerprint density at radius 1 is 1.11 bits per heavy atom. The van der Waals surface area contributed by atoms with Crippen LogP contribution in [0.5, 0.6) is 0 Å². The van der Waals surface area contributed by atoms with Gasteiger partial charge in [0, 0.05) is 35.7 Å². The molecule has 0 unspecified atom stereocenters. The van der Waals surface area contributed by atoms with Crippen molar-refractivity contribution in [2.45, 2.75) is 19.8 Å². The Hall–Kier alpha value is -3.80. The van der Waals surface area contributed by atoms with Crippen LogP contribution in [0.1, 0.15) is 30.3 Å². The van der Waals surface area contributed by atoms with Crippen molar-refractivity contribution in [2.75, 3.05) is 30.3 Å². The number of urea groups is 1. The van der Waals surface area contributed by atoms with Gasteiger partial charge in [-0.05, 0) is 72.1 Å². The maximum Gasteiger partial charge on any atom is 0.358 e. The predicted octanol–water partition coefficient (Wildman–Crippen LogP) is 4.23. The third-order valence-corrected chi connectivity index (χ3v) is 6.10. The van der Waals surface area contributed by atoms with Crippen LogP contribution in [-0.4, -0.2) is 57.3 Å². The number of rotatable bonds is 6. The number of pyridine rings is 1. The van der Waals surface area contributed by atoms with Crippen molar-refractivity contribution in [1.82, 2.24) is 19.7 Å². The third-order valence-electron chi connectivity index (χ3n) is 5.63. The standard InChI is InChI=1S/C24H24BrFN6O4/c1-2-36-23(34)19-13-21(32(30-19)18-6-4-17(26)5-7-18)29-24(35)31-11-9-15(10-12-31)22(33)28-20-8-3-16(25)14-27-20/h3-8,13-15H,2,9-12H2,1H3,(H,29,35)(H,27,28,33). The molecule has 188 valence electrons. The van der Waals surface area contributed by atoms with Crippen molar-refractivity contribution in [2.24, 2.45) is 5.92 Å². The number of likely N-dealkylation sites (tertiary alicyclic amines) is 1. The van der Waals surface area contributed by atoms with Crippen LogP contribution < -0.4 is 10.6 Å². The first-order valence-corrected chi connectivity index (χ1v) is 12.1. The van der Waals surface area contributed by atoms with Gasteiger partial charge in [-0.25, -0.2) is 23.6 Å². The van der Waals surface area contributed by atoms with Crippen LogP contribution in [0.15, 0.2) is 53.1 Å². The average molecular weight is 559 g/mol. The lowest BCUT2D eigenvalue weighted by Crippen LogP contribution is -2.43. The van der Waals surface area contributed by atoms with Gasteiger partial charge in [0.25, 0.3) is 0 Å². The van der Waals surface area contributed by atoms with Crippen molar-refractivity contribution < 1.29 is 23.5 Å². The van der Waals surface area contributed by atoms with Gasteiger partial charge in [-0.15, -0.1) is 0 Å². The fraction of sp³-hybridized carbons (Fsp3) is 0.292. The van der Waals surface area contributed by atoms with Crippen molar-refractivity contribution in [3.8, 4) is 5.69 Å². The molecule has 0 aliphatic carbocycles. The highest BCUT2D eigenvalue weighted by Crippen LogP contribution is 2.23. The van der Waals surface area contributed by atoms with E-state index >= 15 is 0 Å². The number of benzene rings is 1. The molecule has 2 N–H and O–H groups in total. The molecule has 10 nitrogen and oxygen atoms in total. The van der Waals surface area contributed by atoms with Gasteiger partial charge in [-0.2, -0.15) is 5.10 Å². The lowest BCUT2D eigenvalue weighted by molar-refractivity contribution is -0.121. The molecule has 1 aliphatic heterocycles. The Balaban J connectivity index is 1.41. The first kappa shape index (κ1) is 25.3. The molecule has 0 saturated carbocycles. The Morgan fingerprint density at radius 3 is 2.47 bits per heavy atom. The van der Waals surface area contributed by atoms with E-state index in [1.54, 1.807) is 30.2 Å². The number of nitrogens with zero attached hydrogens (tertiary/aromatic N) is 4. The van der Waals surface area contributed by atoms with Crippen molar-refractivity contribution in [3.05, 3.63) is 64.6 Å². The summed E-state index contributed by atoms with van der Waals surface area (Å²) in [4.78, 5) is 43.5. The summed E-state index contributed by atoms with van der Waals surface area (Å²) in [5, 5.41) is 9.81. The topological polar surface area (TPSA) is 118 Å². The van der Waals surface area contributed by atoms with Crippen LogP contribution in [0.25, 0.3) is 5.69 Å². The minimum atomic E-state index is -0.638. The Bertz CT molecular complexity index is 1240. The molecular formula is C24H24BrFN6O4. The van der Waals surface area contributed by atoms with Crippen molar-refractivity contribution in [1.29, 1.82) is 0 Å². The second-order valence-electron chi connectivity index (χ2n) is 8.07. The minimum absolute atomic E-state index is 0.00778. The summed E-state index contributed by atoms with van der Waals surface area (Å²) in [6, 6.07) is 9.98. The van der Waals surface area contributed by atoms with E-state index in [0.717, 1.165) is 4.47 Å². The molecule has 1 aromatic carbocycles. The molecule has 36 heavy (non-hydrogen) atoms. The molecule has 3 aromatic rings. The number of nitrogens with one attached hydrogen (secondary N) is 2. The van der Waals surface area contributed by atoms with Crippen LogP contribution in [0, 0.1) is 11.7 Å². The number of hydrogen-bond donors (Lipinski definition) is 2. The van der Waals surface area contributed by atoms with E-state index in [-0.39, 0.29) is 29.9 Å². The van der Waals surface area contributed by atoms with Crippen molar-refractivity contribution in [3.63, 3.8) is 0 Å². The lowest BCUT2D eigenvalue weighted by atomic mass is 9.96. The zero-order valence-corrected chi connectivity index (χ0v) is 21.0. The van der Waals surface area contributed by atoms with Crippen LogP contribution in [0.2, 0.25) is 0 Å². The van der Waals surface area contributed by atoms with Gasteiger partial charge in [0.05, 0.1) is 12.3 Å². The highest BCUT2D eigenvalue weighted by molar-refractivity contribution is 9.10. The largest absolute Gasteiger partial charge is 0.461 e. The van der Waals surface area contributed by atoms with Crippen LogP contribution in [0.4, 0.5) is 20.8 Å². The smallest absolute Gasteiger partial charge is 0.358 e. The van der Waals surface area contributed by atoms with E-state index in [1.165, 1.54) is 35.0 Å². The number of aromatic nitrogens is 3. The van der Waals surface area contributed by atoms with Gasteiger partial charge in [-0.1, -0.05) is 0 Å². The molecule has 4 rings (SSSR count). The van der Waals surface area contributed by atoms with Crippen LogP contribution >= 0.6 is 15.9 Å². The summed E-state index contributed by atoms with van der Waals surface area (Å²) in [6.07, 6.45) is 2.58. The average Bonchev–Trinajstić information content (AvgIpc) is 3.30. The molecule has 1 saturated heterocycles. The number of esters is 1. The summed E-state index contributed by atoms with van der Waals surface area (Å²) >= 11 is 3.31. The van der Waals surface area contributed by atoms with Gasteiger partial charge in [0.1, 0.15) is 17.5 Å². The van der Waals surface area contributed by atoms with Gasteiger partial charge in [0.15, 0.2) is 5.69 Å². The van der Waals surface area contributed by atoms with E-state index in [4.69, 9.17) is 4.74 Å². The number of amides is 3. The van der Waals surface area contributed by atoms with Gasteiger partial charge >= 0.3 is 12.0 Å². The van der Waals surface area contributed by atoms with Gasteiger partial charge in [0.2, 0.25) is 5.91 Å². The minimum Gasteiger partial charge on any atom is -0.461 e. The molecule has 1 aliphatic rings. The number of hydrogen-bond acceptors (Lipinski definition) is 6.